The molecular weight excluding hydrogens is 180 g/mol. The van der Waals surface area contributed by atoms with Crippen LogP contribution in [0.25, 0.3) is 0 Å². The molecule has 0 aromatic carbocycles. The summed E-state index contributed by atoms with van der Waals surface area (Å²) in [5, 5.41) is 8.46. The molecule has 0 rings (SSSR count). The highest BCUT2D eigenvalue weighted by atomic mass is 29.2. The Morgan fingerprint density at radius 2 is 1.73 bits per heavy atom. The normalized spacial score (nSPS) is 16.4. The highest BCUT2D eigenvalue weighted by Gasteiger charge is 2.17. The van der Waals surface area contributed by atoms with Crippen molar-refractivity contribution in [3.8, 4) is 0 Å². The predicted octanol–water partition coefficient (Wildman–Crippen LogP) is -0.641. The molecule has 2 atom stereocenters. The van der Waals surface area contributed by atoms with Crippen molar-refractivity contribution in [2.24, 2.45) is 0 Å². The summed E-state index contributed by atoms with van der Waals surface area (Å²) in [4.78, 5) is 0. The van der Waals surface area contributed by atoms with Crippen LogP contribution in [0.2, 0.25) is 13.1 Å². The van der Waals surface area contributed by atoms with Gasteiger partial charge in [0.15, 0.2) is 17.1 Å². The van der Waals surface area contributed by atoms with Crippen LogP contribution in [0.1, 0.15) is 0 Å². The highest BCUT2D eigenvalue weighted by Crippen LogP contribution is 1.94. The van der Waals surface area contributed by atoms with E-state index in [-0.39, 0.29) is 6.79 Å². The molecule has 0 spiro atoms. The number of aliphatic hydroxyl groups excluding tert-OH is 1. The van der Waals surface area contributed by atoms with E-state index >= 15 is 0 Å². The minimum atomic E-state index is -1.24. The third-order valence-corrected chi connectivity index (χ3v) is 9.23. The second-order valence-electron chi connectivity index (χ2n) is 2.28. The van der Waals surface area contributed by atoms with Gasteiger partial charge in [0.05, 0.1) is 0 Å². The van der Waals surface area contributed by atoms with Crippen molar-refractivity contribution in [3.63, 3.8) is 0 Å². The van der Waals surface area contributed by atoms with Gasteiger partial charge in [-0.25, -0.2) is 0 Å². The summed E-state index contributed by atoms with van der Waals surface area (Å²) in [5.74, 6) is 0. The maximum atomic E-state index is 8.46. The minimum absolute atomic E-state index is 0.179. The van der Waals surface area contributed by atoms with Crippen LogP contribution >= 0.6 is 0 Å². The van der Waals surface area contributed by atoms with Gasteiger partial charge >= 0.3 is 0 Å². The Morgan fingerprint density at radius 3 is 2.18 bits per heavy atom. The Labute approximate surface area is 70.3 Å². The lowest BCUT2D eigenvalue weighted by molar-refractivity contribution is 0.0496. The van der Waals surface area contributed by atoms with E-state index in [1.165, 1.54) is 0 Å². The van der Waals surface area contributed by atoms with E-state index < -0.39 is 17.1 Å². The minimum Gasteiger partial charge on any atom is -0.399 e. The van der Waals surface area contributed by atoms with Crippen molar-refractivity contribution in [2.45, 2.75) is 13.1 Å². The number of methoxy groups -OCH3 is 1. The Kier molecular flexibility index (Phi) is 7.12. The number of rotatable bonds is 6. The fourth-order valence-electron chi connectivity index (χ4n) is 0.564. The molecule has 68 valence electrons. The third-order valence-electron chi connectivity index (χ3n) is 1.45. The topological polar surface area (TPSA) is 47.9 Å². The summed E-state index contributed by atoms with van der Waals surface area (Å²) in [5.41, 5.74) is 0. The summed E-state index contributed by atoms with van der Waals surface area (Å²) < 4.78 is 15.2. The van der Waals surface area contributed by atoms with E-state index in [1.54, 1.807) is 7.11 Å². The first-order chi connectivity index (χ1) is 5.22. The molecule has 0 unspecified atom stereocenters. The van der Waals surface area contributed by atoms with Gasteiger partial charge in [0.2, 0.25) is 0 Å². The number of aliphatic hydroxyl groups is 1. The molecule has 0 aliphatic rings. The molecule has 0 bridgehead atoms. The monoisotopic (exact) mass is 196 g/mol. The van der Waals surface area contributed by atoms with Crippen LogP contribution in [0, 0.1) is 0 Å². The van der Waals surface area contributed by atoms with Crippen LogP contribution in [0.15, 0.2) is 0 Å². The predicted molar refractivity (Wildman–Crippen MR) is 47.2 cm³/mol. The highest BCUT2D eigenvalue weighted by molar-refractivity contribution is 7.15. The Balaban J connectivity index is 3.38. The molecule has 0 saturated carbocycles. The average Bonchev–Trinajstić information content (AvgIpc) is 2.00. The van der Waals surface area contributed by atoms with Crippen LogP contribution < -0.4 is 0 Å². The summed E-state index contributed by atoms with van der Waals surface area (Å²) in [6.07, 6.45) is 0. The maximum Gasteiger partial charge on any atom is 0.193 e. The van der Waals surface area contributed by atoms with Crippen LogP contribution in [-0.2, 0) is 13.6 Å². The standard InChI is InChI=1S/C5H16O4Si2/c1-7-5-9-11(3)10(2)8-4-6/h6,10-11H,4-5H2,1-3H3/t10-,11+/m0/s1. The third kappa shape index (κ3) is 5.53. The van der Waals surface area contributed by atoms with E-state index in [0.717, 1.165) is 0 Å². The second-order valence-corrected chi connectivity index (χ2v) is 11.4. The molecule has 11 heavy (non-hydrogen) atoms. The van der Waals surface area contributed by atoms with Gasteiger partial charge in [-0.1, -0.05) is 0 Å². The quantitative estimate of drug-likeness (QED) is 0.453. The number of ether oxygens (including phenoxy) is 1. The first kappa shape index (κ1) is 11.3. The van der Waals surface area contributed by atoms with Crippen molar-refractivity contribution >= 4 is 17.1 Å². The van der Waals surface area contributed by atoms with Crippen LogP contribution in [0.4, 0.5) is 0 Å². The van der Waals surface area contributed by atoms with Crippen molar-refractivity contribution in [1.29, 1.82) is 0 Å². The van der Waals surface area contributed by atoms with E-state index in [9.17, 15) is 0 Å². The molecule has 0 aliphatic heterocycles. The van der Waals surface area contributed by atoms with Gasteiger partial charge in [-0.15, -0.1) is 0 Å². The smallest absolute Gasteiger partial charge is 0.193 e. The lowest BCUT2D eigenvalue weighted by Crippen LogP contribution is -2.36. The fourth-order valence-corrected chi connectivity index (χ4v) is 3.81. The molecule has 0 heterocycles. The molecule has 0 radical (unpaired) electrons. The van der Waals surface area contributed by atoms with E-state index in [0.29, 0.717) is 6.79 Å². The lowest BCUT2D eigenvalue weighted by Gasteiger charge is -2.16. The molecule has 1 N–H and O–H groups in total. The zero-order valence-electron chi connectivity index (χ0n) is 7.24. The Morgan fingerprint density at radius 1 is 1.18 bits per heavy atom. The van der Waals surface area contributed by atoms with Gasteiger partial charge in [-0.05, 0) is 13.1 Å². The molecule has 0 fully saturated rings. The summed E-state index contributed by atoms with van der Waals surface area (Å²) in [6, 6.07) is 0. The van der Waals surface area contributed by atoms with Crippen molar-refractivity contribution < 1.29 is 18.7 Å². The zero-order valence-corrected chi connectivity index (χ0v) is 9.55. The molecule has 0 saturated heterocycles. The average molecular weight is 196 g/mol. The van der Waals surface area contributed by atoms with Gasteiger partial charge < -0.3 is 18.7 Å². The number of hydrogen-bond donors (Lipinski definition) is 1. The largest absolute Gasteiger partial charge is 0.399 e. The summed E-state index contributed by atoms with van der Waals surface area (Å²) >= 11 is 0. The van der Waals surface area contributed by atoms with Gasteiger partial charge in [0.1, 0.15) is 13.6 Å². The molecule has 4 nitrogen and oxygen atoms in total. The zero-order chi connectivity index (χ0) is 8.69. The molecule has 0 aromatic rings. The summed E-state index contributed by atoms with van der Waals surface area (Å²) in [7, 11) is -0.844. The molecule has 0 amide bonds. The number of hydrogen-bond acceptors (Lipinski definition) is 4. The molecule has 6 heteroatoms. The van der Waals surface area contributed by atoms with E-state index in [2.05, 4.69) is 6.55 Å². The van der Waals surface area contributed by atoms with Crippen molar-refractivity contribution in [3.05, 3.63) is 0 Å². The van der Waals surface area contributed by atoms with Gasteiger partial charge in [0.25, 0.3) is 0 Å². The summed E-state index contributed by atoms with van der Waals surface area (Å²) in [6.45, 7) is 4.26. The second kappa shape index (κ2) is 6.95. The van der Waals surface area contributed by atoms with Crippen LogP contribution in [0.3, 0.4) is 0 Å². The maximum absolute atomic E-state index is 8.46. The molecule has 0 aliphatic carbocycles. The molecular formula is C5H16O4Si2. The molecule has 0 aromatic heterocycles. The Bertz CT molecular complexity index is 92.6. The van der Waals surface area contributed by atoms with Crippen LogP contribution in [-0.4, -0.2) is 42.9 Å². The van der Waals surface area contributed by atoms with E-state index in [4.69, 9.17) is 18.7 Å². The van der Waals surface area contributed by atoms with Gasteiger partial charge in [-0.2, -0.15) is 0 Å². The van der Waals surface area contributed by atoms with Crippen molar-refractivity contribution in [2.75, 3.05) is 20.7 Å². The van der Waals surface area contributed by atoms with Crippen molar-refractivity contribution in [1.82, 2.24) is 0 Å². The first-order valence-electron chi connectivity index (χ1n) is 3.55. The van der Waals surface area contributed by atoms with E-state index in [1.807, 2.05) is 6.55 Å². The fraction of sp³-hybridized carbons (Fsp3) is 1.00. The SMILES string of the molecule is COCO[Si@@H](C)[Si@@H](C)OCO. The first-order valence-corrected chi connectivity index (χ1v) is 9.47. The van der Waals surface area contributed by atoms with Gasteiger partial charge in [0, 0.05) is 7.11 Å². The lowest BCUT2D eigenvalue weighted by atomic mass is 11.4. The van der Waals surface area contributed by atoms with Gasteiger partial charge in [-0.3, -0.25) is 0 Å². The Hall–Kier alpha value is 0.274. The van der Waals surface area contributed by atoms with Crippen LogP contribution in [0.5, 0.6) is 0 Å².